The van der Waals surface area contributed by atoms with E-state index in [4.69, 9.17) is 4.74 Å². The molecule has 0 unspecified atom stereocenters. The van der Waals surface area contributed by atoms with Crippen LogP contribution in [0.4, 0.5) is 0 Å². The molecular formula is C13H12N2O2S. The molecule has 0 fully saturated rings. The van der Waals surface area contributed by atoms with Crippen LogP contribution in [0.15, 0.2) is 42.0 Å². The van der Waals surface area contributed by atoms with Crippen molar-refractivity contribution in [2.24, 2.45) is 0 Å². The molecule has 0 bridgehead atoms. The number of ether oxygens (including phenoxy) is 1. The standard InChI is InChI=1S/C13H12N2O2S/c16-8-10-3-1-2-4-12(10)17-9-11-7-15-5-6-18-13(15)14-11/h1-7,16H,8-9H2. The Kier molecular flexibility index (Phi) is 3.00. The lowest BCUT2D eigenvalue weighted by Gasteiger charge is -2.08. The van der Waals surface area contributed by atoms with Crippen LogP contribution in [0.25, 0.3) is 4.96 Å². The molecule has 4 nitrogen and oxygen atoms in total. The van der Waals surface area contributed by atoms with Crippen molar-refractivity contribution in [2.45, 2.75) is 13.2 Å². The summed E-state index contributed by atoms with van der Waals surface area (Å²) >= 11 is 1.59. The van der Waals surface area contributed by atoms with Gasteiger partial charge in [-0.15, -0.1) is 11.3 Å². The zero-order chi connectivity index (χ0) is 12.4. The lowest BCUT2D eigenvalue weighted by molar-refractivity contribution is 0.258. The van der Waals surface area contributed by atoms with Crippen molar-refractivity contribution in [1.82, 2.24) is 9.38 Å². The number of rotatable bonds is 4. The summed E-state index contributed by atoms with van der Waals surface area (Å²) in [5, 5.41) is 11.2. The molecule has 92 valence electrons. The third-order valence-corrected chi connectivity index (χ3v) is 3.43. The quantitative estimate of drug-likeness (QED) is 0.784. The number of fused-ring (bicyclic) bond motifs is 1. The molecular weight excluding hydrogens is 248 g/mol. The van der Waals surface area contributed by atoms with Crippen LogP contribution in [0.3, 0.4) is 0 Å². The normalized spacial score (nSPS) is 10.9. The van der Waals surface area contributed by atoms with Crippen LogP contribution in [-0.4, -0.2) is 14.5 Å². The number of benzene rings is 1. The highest BCUT2D eigenvalue weighted by atomic mass is 32.1. The molecule has 0 atom stereocenters. The molecule has 3 aromatic rings. The Morgan fingerprint density at radius 2 is 2.22 bits per heavy atom. The fourth-order valence-electron chi connectivity index (χ4n) is 1.77. The van der Waals surface area contributed by atoms with Crippen molar-refractivity contribution in [3.63, 3.8) is 0 Å². The molecule has 0 aliphatic carbocycles. The maximum atomic E-state index is 9.20. The van der Waals surface area contributed by atoms with Gasteiger partial charge in [-0.3, -0.25) is 4.40 Å². The predicted molar refractivity (Wildman–Crippen MR) is 69.8 cm³/mol. The van der Waals surface area contributed by atoms with Crippen molar-refractivity contribution in [2.75, 3.05) is 0 Å². The van der Waals surface area contributed by atoms with Gasteiger partial charge in [-0.1, -0.05) is 18.2 Å². The van der Waals surface area contributed by atoms with E-state index in [9.17, 15) is 5.11 Å². The summed E-state index contributed by atoms with van der Waals surface area (Å²) in [6.45, 7) is 0.389. The number of imidazole rings is 1. The number of para-hydroxylation sites is 1. The highest BCUT2D eigenvalue weighted by Crippen LogP contribution is 2.19. The van der Waals surface area contributed by atoms with E-state index in [1.54, 1.807) is 11.3 Å². The second-order valence-electron chi connectivity index (χ2n) is 3.88. The number of aromatic nitrogens is 2. The summed E-state index contributed by atoms with van der Waals surface area (Å²) in [7, 11) is 0. The smallest absolute Gasteiger partial charge is 0.193 e. The highest BCUT2D eigenvalue weighted by Gasteiger charge is 2.05. The minimum Gasteiger partial charge on any atom is -0.487 e. The molecule has 0 spiro atoms. The van der Waals surface area contributed by atoms with E-state index in [0.717, 1.165) is 16.2 Å². The summed E-state index contributed by atoms with van der Waals surface area (Å²) in [6.07, 6.45) is 3.92. The minimum absolute atomic E-state index is 0.0194. The first-order chi connectivity index (χ1) is 8.86. The Labute approximate surface area is 108 Å². The number of nitrogens with zero attached hydrogens (tertiary/aromatic N) is 2. The van der Waals surface area contributed by atoms with Crippen molar-refractivity contribution in [1.29, 1.82) is 0 Å². The summed E-state index contributed by atoms with van der Waals surface area (Å²) in [6, 6.07) is 7.47. The van der Waals surface area contributed by atoms with Crippen LogP contribution in [0.5, 0.6) is 5.75 Å². The fourth-order valence-corrected chi connectivity index (χ4v) is 2.49. The topological polar surface area (TPSA) is 46.8 Å². The Morgan fingerprint density at radius 1 is 1.33 bits per heavy atom. The van der Waals surface area contributed by atoms with Crippen LogP contribution in [0, 0.1) is 0 Å². The van der Waals surface area contributed by atoms with E-state index in [0.29, 0.717) is 12.4 Å². The molecule has 0 amide bonds. The van der Waals surface area contributed by atoms with Crippen molar-refractivity contribution in [3.05, 3.63) is 53.3 Å². The zero-order valence-electron chi connectivity index (χ0n) is 9.61. The van der Waals surface area contributed by atoms with Gasteiger partial charge in [-0.05, 0) is 6.07 Å². The number of aliphatic hydroxyl groups excluding tert-OH is 1. The van der Waals surface area contributed by atoms with Crippen LogP contribution >= 0.6 is 11.3 Å². The molecule has 0 saturated carbocycles. The molecule has 0 aliphatic rings. The van der Waals surface area contributed by atoms with Gasteiger partial charge in [0.25, 0.3) is 0 Å². The molecule has 5 heteroatoms. The van der Waals surface area contributed by atoms with E-state index in [-0.39, 0.29) is 6.61 Å². The lowest BCUT2D eigenvalue weighted by atomic mass is 10.2. The van der Waals surface area contributed by atoms with Crippen LogP contribution in [0.2, 0.25) is 0 Å². The van der Waals surface area contributed by atoms with Gasteiger partial charge in [0, 0.05) is 23.3 Å². The van der Waals surface area contributed by atoms with Gasteiger partial charge in [-0.2, -0.15) is 0 Å². The molecule has 2 heterocycles. The Balaban J connectivity index is 1.76. The molecule has 2 aromatic heterocycles. The van der Waals surface area contributed by atoms with Crippen molar-refractivity contribution < 1.29 is 9.84 Å². The summed E-state index contributed by atoms with van der Waals surface area (Å²) in [4.78, 5) is 5.40. The second kappa shape index (κ2) is 4.80. The molecule has 0 radical (unpaired) electrons. The van der Waals surface area contributed by atoms with Gasteiger partial charge >= 0.3 is 0 Å². The molecule has 3 rings (SSSR count). The van der Waals surface area contributed by atoms with Gasteiger partial charge < -0.3 is 9.84 Å². The zero-order valence-corrected chi connectivity index (χ0v) is 10.4. The number of hydrogen-bond acceptors (Lipinski definition) is 4. The predicted octanol–water partition coefficient (Wildman–Crippen LogP) is 2.47. The van der Waals surface area contributed by atoms with Crippen LogP contribution in [0.1, 0.15) is 11.3 Å². The maximum Gasteiger partial charge on any atom is 0.193 e. The van der Waals surface area contributed by atoms with E-state index < -0.39 is 0 Å². The largest absolute Gasteiger partial charge is 0.487 e. The highest BCUT2D eigenvalue weighted by molar-refractivity contribution is 7.15. The van der Waals surface area contributed by atoms with E-state index >= 15 is 0 Å². The van der Waals surface area contributed by atoms with Crippen molar-refractivity contribution >= 4 is 16.3 Å². The molecule has 0 saturated heterocycles. The van der Waals surface area contributed by atoms with E-state index in [1.165, 1.54) is 0 Å². The second-order valence-corrected chi connectivity index (χ2v) is 4.75. The van der Waals surface area contributed by atoms with Gasteiger partial charge in [-0.25, -0.2) is 4.98 Å². The molecule has 1 aromatic carbocycles. The maximum absolute atomic E-state index is 9.20. The SMILES string of the molecule is OCc1ccccc1OCc1cn2ccsc2n1. The van der Waals surface area contributed by atoms with Gasteiger partial charge in [0.1, 0.15) is 12.4 Å². The first-order valence-corrected chi connectivity index (χ1v) is 6.47. The molecule has 0 aliphatic heterocycles. The summed E-state index contributed by atoms with van der Waals surface area (Å²) in [5.74, 6) is 0.705. The van der Waals surface area contributed by atoms with Crippen LogP contribution in [-0.2, 0) is 13.2 Å². The average molecular weight is 260 g/mol. The third-order valence-electron chi connectivity index (χ3n) is 2.66. The summed E-state index contributed by atoms with van der Waals surface area (Å²) < 4.78 is 7.66. The Morgan fingerprint density at radius 3 is 3.06 bits per heavy atom. The molecule has 1 N–H and O–H groups in total. The number of aliphatic hydroxyl groups is 1. The molecule has 18 heavy (non-hydrogen) atoms. The Hall–Kier alpha value is -1.85. The summed E-state index contributed by atoms with van der Waals surface area (Å²) in [5.41, 5.74) is 1.67. The van der Waals surface area contributed by atoms with Gasteiger partial charge in [0.15, 0.2) is 4.96 Å². The van der Waals surface area contributed by atoms with E-state index in [2.05, 4.69) is 4.98 Å². The third kappa shape index (κ3) is 2.10. The number of hydrogen-bond donors (Lipinski definition) is 1. The minimum atomic E-state index is -0.0194. The van der Waals surface area contributed by atoms with E-state index in [1.807, 2.05) is 46.4 Å². The lowest BCUT2D eigenvalue weighted by Crippen LogP contribution is -1.98. The van der Waals surface area contributed by atoms with Gasteiger partial charge in [0.05, 0.1) is 12.3 Å². The Bertz CT molecular complexity index is 631. The average Bonchev–Trinajstić information content (AvgIpc) is 2.97. The monoisotopic (exact) mass is 260 g/mol. The first kappa shape index (κ1) is 11.3. The van der Waals surface area contributed by atoms with Gasteiger partial charge in [0.2, 0.25) is 0 Å². The van der Waals surface area contributed by atoms with Crippen molar-refractivity contribution in [3.8, 4) is 5.75 Å². The van der Waals surface area contributed by atoms with Crippen LogP contribution < -0.4 is 4.74 Å². The first-order valence-electron chi connectivity index (χ1n) is 5.59. The number of thiazole rings is 1. The fraction of sp³-hybridized carbons (Fsp3) is 0.154.